The predicted molar refractivity (Wildman–Crippen MR) is 132 cm³/mol. The van der Waals surface area contributed by atoms with Gasteiger partial charge in [0.15, 0.2) is 5.78 Å². The number of nitrogens with zero attached hydrogens (tertiary/aromatic N) is 3. The monoisotopic (exact) mass is 494 g/mol. The lowest BCUT2D eigenvalue weighted by Crippen LogP contribution is -2.36. The van der Waals surface area contributed by atoms with Crippen molar-refractivity contribution in [3.8, 4) is 11.5 Å². The third-order valence-corrected chi connectivity index (χ3v) is 7.25. The molecule has 0 saturated heterocycles. The van der Waals surface area contributed by atoms with Crippen LogP contribution in [0.3, 0.4) is 0 Å². The van der Waals surface area contributed by atoms with Gasteiger partial charge >= 0.3 is 0 Å². The largest absolute Gasteiger partial charge is 0.497 e. The molecule has 3 aromatic rings. The quantitative estimate of drug-likeness (QED) is 0.461. The molecule has 2 aliphatic rings. The highest BCUT2D eigenvalue weighted by Gasteiger charge is 2.42. The van der Waals surface area contributed by atoms with E-state index in [4.69, 9.17) is 19.6 Å². The van der Waals surface area contributed by atoms with Crippen LogP contribution in [0, 0.1) is 11.2 Å². The lowest BCUT2D eigenvalue weighted by atomic mass is 9.73. The Bertz CT molecular complexity index is 1330. The SMILES string of the molecule is COc1ccc(OC)c(C2C3=C(CC(C)(C)CC3=O)Nc3nc(SCc4ccccc4F)nn32)c1. The van der Waals surface area contributed by atoms with Crippen LogP contribution in [0.1, 0.15) is 43.9 Å². The average Bonchev–Trinajstić information content (AvgIpc) is 3.23. The molecule has 1 aliphatic carbocycles. The Hall–Kier alpha value is -3.33. The fourth-order valence-electron chi connectivity index (χ4n) is 4.75. The van der Waals surface area contributed by atoms with E-state index in [1.807, 2.05) is 24.3 Å². The third-order valence-electron chi connectivity index (χ3n) is 6.36. The maximum Gasteiger partial charge on any atom is 0.227 e. The number of fused-ring (bicyclic) bond motifs is 1. The molecule has 2 aromatic carbocycles. The van der Waals surface area contributed by atoms with E-state index in [0.717, 1.165) is 11.3 Å². The van der Waals surface area contributed by atoms with Gasteiger partial charge in [0.1, 0.15) is 23.4 Å². The zero-order valence-corrected chi connectivity index (χ0v) is 20.9. The van der Waals surface area contributed by atoms with E-state index in [1.165, 1.54) is 17.8 Å². The average molecular weight is 495 g/mol. The fraction of sp³-hybridized carbons (Fsp3) is 0.346. The number of methoxy groups -OCH3 is 2. The standard InChI is InChI=1S/C26H27FN4O3S/c1-26(2)12-19-22(20(32)13-26)23(17-11-16(33-3)9-10-21(17)34-4)31-24(28-19)29-25(30-31)35-14-15-7-5-6-8-18(15)27/h5-11,23H,12-14H2,1-4H3,(H,28,29,30). The normalized spacial score (nSPS) is 18.5. The Balaban J connectivity index is 1.59. The molecule has 0 amide bonds. The lowest BCUT2D eigenvalue weighted by molar-refractivity contribution is -0.118. The van der Waals surface area contributed by atoms with Crippen molar-refractivity contribution in [3.63, 3.8) is 0 Å². The Morgan fingerprint density at radius 1 is 1.17 bits per heavy atom. The molecule has 9 heteroatoms. The molecule has 1 atom stereocenters. The summed E-state index contributed by atoms with van der Waals surface area (Å²) in [7, 11) is 3.21. The van der Waals surface area contributed by atoms with Gasteiger partial charge in [0, 0.05) is 29.0 Å². The number of benzene rings is 2. The van der Waals surface area contributed by atoms with Gasteiger partial charge in [-0.3, -0.25) is 4.79 Å². The number of allylic oxidation sites excluding steroid dienone is 2. The summed E-state index contributed by atoms with van der Waals surface area (Å²) >= 11 is 1.35. The highest BCUT2D eigenvalue weighted by Crippen LogP contribution is 2.47. The van der Waals surface area contributed by atoms with Gasteiger partial charge in [-0.2, -0.15) is 4.98 Å². The molecule has 0 radical (unpaired) electrons. The molecule has 1 N–H and O–H groups in total. The number of aromatic nitrogens is 3. The summed E-state index contributed by atoms with van der Waals surface area (Å²) in [6, 6.07) is 11.7. The second-order valence-corrected chi connectivity index (χ2v) is 10.5. The maximum absolute atomic E-state index is 14.1. The first-order valence-electron chi connectivity index (χ1n) is 11.4. The van der Waals surface area contributed by atoms with Gasteiger partial charge in [0.25, 0.3) is 0 Å². The number of hydrogen-bond donors (Lipinski definition) is 1. The van der Waals surface area contributed by atoms with Crippen molar-refractivity contribution in [2.45, 2.75) is 43.6 Å². The summed E-state index contributed by atoms with van der Waals surface area (Å²) in [5.74, 6) is 2.03. The molecule has 1 unspecified atom stereocenters. The Labute approximate surface area is 207 Å². The van der Waals surface area contributed by atoms with Gasteiger partial charge in [-0.1, -0.05) is 43.8 Å². The molecule has 0 bridgehead atoms. The fourth-order valence-corrected chi connectivity index (χ4v) is 5.56. The van der Waals surface area contributed by atoms with Crippen LogP contribution in [-0.2, 0) is 10.5 Å². The van der Waals surface area contributed by atoms with Crippen molar-refractivity contribution < 1.29 is 18.7 Å². The number of rotatable bonds is 6. The molecule has 182 valence electrons. The summed E-state index contributed by atoms with van der Waals surface area (Å²) in [4.78, 5) is 18.2. The number of ketones is 1. The van der Waals surface area contributed by atoms with Gasteiger partial charge in [-0.15, -0.1) is 5.10 Å². The van der Waals surface area contributed by atoms with Crippen LogP contribution in [0.25, 0.3) is 0 Å². The number of Topliss-reactive ketones (excluding diaryl/α,β-unsaturated/α-hetero) is 1. The van der Waals surface area contributed by atoms with E-state index < -0.39 is 6.04 Å². The minimum atomic E-state index is -0.523. The molecular weight excluding hydrogens is 467 g/mol. The van der Waals surface area contributed by atoms with Crippen LogP contribution < -0.4 is 14.8 Å². The number of thioether (sulfide) groups is 1. The zero-order chi connectivity index (χ0) is 24.7. The van der Waals surface area contributed by atoms with Crippen molar-refractivity contribution in [2.75, 3.05) is 19.5 Å². The second-order valence-electron chi connectivity index (χ2n) is 9.51. The highest BCUT2D eigenvalue weighted by molar-refractivity contribution is 7.98. The molecule has 2 heterocycles. The first kappa shape index (κ1) is 23.4. The summed E-state index contributed by atoms with van der Waals surface area (Å²) in [5.41, 5.74) is 2.70. The minimum absolute atomic E-state index is 0.0698. The number of carbonyl (C=O) groups is 1. The summed E-state index contributed by atoms with van der Waals surface area (Å²) in [6.07, 6.45) is 1.15. The Morgan fingerprint density at radius 3 is 2.71 bits per heavy atom. The number of anilines is 1. The molecule has 5 rings (SSSR count). The van der Waals surface area contributed by atoms with Crippen LogP contribution in [0.5, 0.6) is 11.5 Å². The number of nitrogens with one attached hydrogen (secondary N) is 1. The van der Waals surface area contributed by atoms with Crippen LogP contribution >= 0.6 is 11.8 Å². The number of ether oxygens (including phenoxy) is 2. The second kappa shape index (κ2) is 9.03. The van der Waals surface area contributed by atoms with E-state index in [2.05, 4.69) is 19.2 Å². The topological polar surface area (TPSA) is 78.3 Å². The van der Waals surface area contributed by atoms with Crippen molar-refractivity contribution >= 4 is 23.5 Å². The lowest BCUT2D eigenvalue weighted by Gasteiger charge is -2.38. The van der Waals surface area contributed by atoms with E-state index in [0.29, 0.717) is 52.3 Å². The first-order valence-corrected chi connectivity index (χ1v) is 12.4. The predicted octanol–water partition coefficient (Wildman–Crippen LogP) is 5.38. The van der Waals surface area contributed by atoms with Gasteiger partial charge in [-0.05, 0) is 41.7 Å². The van der Waals surface area contributed by atoms with Crippen molar-refractivity contribution in [3.05, 3.63) is 70.7 Å². The number of halogens is 1. The van der Waals surface area contributed by atoms with Crippen molar-refractivity contribution in [2.24, 2.45) is 5.41 Å². The summed E-state index contributed by atoms with van der Waals surface area (Å²) < 4.78 is 27.0. The van der Waals surface area contributed by atoms with Gasteiger partial charge in [0.05, 0.1) is 14.2 Å². The molecule has 0 spiro atoms. The van der Waals surface area contributed by atoms with Gasteiger partial charge < -0.3 is 14.8 Å². The minimum Gasteiger partial charge on any atom is -0.497 e. The molecule has 1 aliphatic heterocycles. The van der Waals surface area contributed by atoms with Gasteiger partial charge in [-0.25, -0.2) is 9.07 Å². The zero-order valence-electron chi connectivity index (χ0n) is 20.1. The maximum atomic E-state index is 14.1. The molecular formula is C26H27FN4O3S. The Morgan fingerprint density at radius 2 is 1.97 bits per heavy atom. The van der Waals surface area contributed by atoms with Crippen LogP contribution in [0.15, 0.2) is 58.9 Å². The summed E-state index contributed by atoms with van der Waals surface area (Å²) in [6.45, 7) is 4.18. The molecule has 0 fully saturated rings. The Kier molecular flexibility index (Phi) is 6.04. The number of hydrogen-bond acceptors (Lipinski definition) is 7. The highest BCUT2D eigenvalue weighted by atomic mass is 32.2. The van der Waals surface area contributed by atoms with Crippen LogP contribution in [-0.4, -0.2) is 34.8 Å². The van der Waals surface area contributed by atoms with E-state index >= 15 is 0 Å². The molecule has 0 saturated carbocycles. The van der Waals surface area contributed by atoms with E-state index in [-0.39, 0.29) is 17.0 Å². The smallest absolute Gasteiger partial charge is 0.227 e. The first-order chi connectivity index (χ1) is 16.8. The molecule has 1 aromatic heterocycles. The molecule has 35 heavy (non-hydrogen) atoms. The summed E-state index contributed by atoms with van der Waals surface area (Å²) in [5, 5.41) is 8.61. The number of carbonyl (C=O) groups excluding carboxylic acids is 1. The van der Waals surface area contributed by atoms with E-state index in [9.17, 15) is 9.18 Å². The van der Waals surface area contributed by atoms with Crippen LogP contribution in [0.4, 0.5) is 10.3 Å². The third kappa shape index (κ3) is 4.40. The van der Waals surface area contributed by atoms with Crippen molar-refractivity contribution in [1.82, 2.24) is 14.8 Å². The molecule has 7 nitrogen and oxygen atoms in total. The van der Waals surface area contributed by atoms with E-state index in [1.54, 1.807) is 31.0 Å². The van der Waals surface area contributed by atoms with Gasteiger partial charge in [0.2, 0.25) is 11.1 Å². The van der Waals surface area contributed by atoms with Crippen molar-refractivity contribution in [1.29, 1.82) is 0 Å². The van der Waals surface area contributed by atoms with Crippen LogP contribution in [0.2, 0.25) is 0 Å².